The summed E-state index contributed by atoms with van der Waals surface area (Å²) in [6.07, 6.45) is 1.97. The summed E-state index contributed by atoms with van der Waals surface area (Å²) in [5, 5.41) is 11.2. The predicted octanol–water partition coefficient (Wildman–Crippen LogP) is 3.79. The zero-order valence-electron chi connectivity index (χ0n) is 12.8. The Morgan fingerprint density at radius 1 is 1.32 bits per heavy atom. The monoisotopic (exact) mass is 337 g/mol. The van der Waals surface area contributed by atoms with Crippen LogP contribution in [0.4, 0.5) is 5.69 Å². The van der Waals surface area contributed by atoms with Crippen molar-refractivity contribution in [3.8, 4) is 0 Å². The Balaban J connectivity index is 1.90. The van der Waals surface area contributed by atoms with E-state index in [2.05, 4.69) is 29.4 Å². The smallest absolute Gasteiger partial charge is 0.277 e. The Bertz CT molecular complexity index is 629. The second-order valence-electron chi connectivity index (χ2n) is 4.97. The minimum Gasteiger partial charge on any atom is -0.415 e. The highest BCUT2D eigenvalue weighted by Crippen LogP contribution is 2.24. The van der Waals surface area contributed by atoms with Crippen molar-refractivity contribution >= 4 is 35.1 Å². The van der Waals surface area contributed by atoms with E-state index in [0.717, 1.165) is 11.3 Å². The molecular weight excluding hydrogens is 318 g/mol. The third-order valence-electron chi connectivity index (χ3n) is 2.90. The fraction of sp³-hybridized carbons (Fsp3) is 0.400. The van der Waals surface area contributed by atoms with E-state index in [-0.39, 0.29) is 11.7 Å². The predicted molar refractivity (Wildman–Crippen MR) is 91.4 cm³/mol. The Hall–Kier alpha value is -1.47. The van der Waals surface area contributed by atoms with Crippen molar-refractivity contribution in [2.24, 2.45) is 0 Å². The molecule has 5 nitrogen and oxygen atoms in total. The van der Waals surface area contributed by atoms with E-state index in [1.165, 1.54) is 11.8 Å². The van der Waals surface area contributed by atoms with E-state index in [1.54, 1.807) is 11.8 Å². The number of thioether (sulfide) groups is 2. The molecule has 2 aromatic rings. The Labute approximate surface area is 138 Å². The number of carbonyl (C=O) groups is 1. The molecule has 1 aromatic heterocycles. The number of benzene rings is 1. The molecule has 0 bridgehead atoms. The number of hydrogen-bond donors (Lipinski definition) is 1. The molecule has 0 radical (unpaired) electrons. The molecule has 1 heterocycles. The molecule has 118 valence electrons. The van der Waals surface area contributed by atoms with Gasteiger partial charge in [0.05, 0.1) is 11.5 Å². The summed E-state index contributed by atoms with van der Waals surface area (Å²) in [7, 11) is 0. The van der Waals surface area contributed by atoms with Gasteiger partial charge in [-0.05, 0) is 23.8 Å². The van der Waals surface area contributed by atoms with Crippen LogP contribution in [0.2, 0.25) is 0 Å². The number of anilines is 1. The molecule has 0 saturated heterocycles. The Morgan fingerprint density at radius 2 is 2.09 bits per heavy atom. The van der Waals surface area contributed by atoms with Gasteiger partial charge in [0.2, 0.25) is 11.8 Å². The normalized spacial score (nSPS) is 10.9. The van der Waals surface area contributed by atoms with Gasteiger partial charge in [-0.3, -0.25) is 4.79 Å². The van der Waals surface area contributed by atoms with E-state index < -0.39 is 0 Å². The van der Waals surface area contributed by atoms with Crippen LogP contribution in [0.1, 0.15) is 31.2 Å². The number of hydrogen-bond acceptors (Lipinski definition) is 6. The van der Waals surface area contributed by atoms with Crippen LogP contribution in [-0.4, -0.2) is 28.1 Å². The van der Waals surface area contributed by atoms with Gasteiger partial charge in [-0.25, -0.2) is 0 Å². The first kappa shape index (κ1) is 16.9. The van der Waals surface area contributed by atoms with E-state index in [9.17, 15) is 4.79 Å². The molecule has 2 rings (SSSR count). The van der Waals surface area contributed by atoms with Gasteiger partial charge in [0, 0.05) is 5.69 Å². The number of amides is 1. The molecule has 1 aromatic carbocycles. The first-order chi connectivity index (χ1) is 10.6. The molecule has 0 aliphatic carbocycles. The standard InChI is InChI=1S/C15H19N3O2S2/c1-10(2)11-6-4-5-7-12(11)16-13(19)8-22-15-18-17-14(20-15)9-21-3/h4-7,10H,8-9H2,1-3H3,(H,16,19). The number of nitrogens with one attached hydrogen (secondary N) is 1. The van der Waals surface area contributed by atoms with E-state index in [0.29, 0.717) is 22.8 Å². The lowest BCUT2D eigenvalue weighted by molar-refractivity contribution is -0.113. The van der Waals surface area contributed by atoms with Gasteiger partial charge in [-0.15, -0.1) is 10.2 Å². The molecule has 0 aliphatic rings. The van der Waals surface area contributed by atoms with Crippen molar-refractivity contribution < 1.29 is 9.21 Å². The molecule has 0 aliphatic heterocycles. The summed E-state index contributed by atoms with van der Waals surface area (Å²) < 4.78 is 5.43. The highest BCUT2D eigenvalue weighted by Gasteiger charge is 2.12. The number of nitrogens with zero attached hydrogens (tertiary/aromatic N) is 2. The van der Waals surface area contributed by atoms with E-state index in [4.69, 9.17) is 4.42 Å². The highest BCUT2D eigenvalue weighted by molar-refractivity contribution is 7.99. The number of carbonyl (C=O) groups excluding carboxylic acids is 1. The van der Waals surface area contributed by atoms with Crippen molar-refractivity contribution in [3.63, 3.8) is 0 Å². The van der Waals surface area contributed by atoms with Crippen molar-refractivity contribution in [2.75, 3.05) is 17.3 Å². The lowest BCUT2D eigenvalue weighted by atomic mass is 10.0. The summed E-state index contributed by atoms with van der Waals surface area (Å²) in [5.74, 6) is 1.78. The third-order valence-corrected chi connectivity index (χ3v) is 4.25. The van der Waals surface area contributed by atoms with Gasteiger partial charge in [0.1, 0.15) is 0 Å². The summed E-state index contributed by atoms with van der Waals surface area (Å²) >= 11 is 2.86. The van der Waals surface area contributed by atoms with Crippen LogP contribution >= 0.6 is 23.5 Å². The maximum Gasteiger partial charge on any atom is 0.277 e. The van der Waals surface area contributed by atoms with Gasteiger partial charge >= 0.3 is 0 Å². The molecule has 7 heteroatoms. The molecule has 0 fully saturated rings. The molecule has 1 N–H and O–H groups in total. The zero-order valence-corrected chi connectivity index (χ0v) is 14.5. The second-order valence-corrected chi connectivity index (χ2v) is 6.77. The average Bonchev–Trinajstić information content (AvgIpc) is 2.94. The Kier molecular flexibility index (Phi) is 6.33. The average molecular weight is 337 g/mol. The van der Waals surface area contributed by atoms with Gasteiger partial charge in [0.25, 0.3) is 5.22 Å². The lowest BCUT2D eigenvalue weighted by Gasteiger charge is -2.13. The molecule has 1 amide bonds. The first-order valence-electron chi connectivity index (χ1n) is 6.93. The molecule has 0 unspecified atom stereocenters. The van der Waals surface area contributed by atoms with Gasteiger partial charge in [0.15, 0.2) is 0 Å². The largest absolute Gasteiger partial charge is 0.415 e. The van der Waals surface area contributed by atoms with Gasteiger partial charge in [-0.1, -0.05) is 43.8 Å². The maximum atomic E-state index is 12.1. The lowest BCUT2D eigenvalue weighted by Crippen LogP contribution is -2.15. The third kappa shape index (κ3) is 4.78. The molecule has 0 saturated carbocycles. The van der Waals surface area contributed by atoms with Crippen molar-refractivity contribution in [1.82, 2.24) is 10.2 Å². The van der Waals surface area contributed by atoms with Crippen LogP contribution in [0.3, 0.4) is 0 Å². The van der Waals surface area contributed by atoms with Crippen molar-refractivity contribution in [1.29, 1.82) is 0 Å². The number of para-hydroxylation sites is 1. The summed E-state index contributed by atoms with van der Waals surface area (Å²) in [5.41, 5.74) is 1.98. The van der Waals surface area contributed by atoms with Crippen molar-refractivity contribution in [2.45, 2.75) is 30.7 Å². The van der Waals surface area contributed by atoms with Crippen LogP contribution < -0.4 is 5.32 Å². The Morgan fingerprint density at radius 3 is 2.82 bits per heavy atom. The van der Waals surface area contributed by atoms with Crippen molar-refractivity contribution in [3.05, 3.63) is 35.7 Å². The van der Waals surface area contributed by atoms with Crippen LogP contribution in [0, 0.1) is 0 Å². The quantitative estimate of drug-likeness (QED) is 0.775. The zero-order chi connectivity index (χ0) is 15.9. The van der Waals surface area contributed by atoms with Crippen LogP contribution in [0.15, 0.2) is 33.9 Å². The molecule has 0 atom stereocenters. The number of rotatable bonds is 7. The summed E-state index contributed by atoms with van der Waals surface area (Å²) in [4.78, 5) is 12.1. The SMILES string of the molecule is CSCc1nnc(SCC(=O)Nc2ccccc2C(C)C)o1. The van der Waals surface area contributed by atoms with E-state index >= 15 is 0 Å². The van der Waals surface area contributed by atoms with Crippen LogP contribution in [0.5, 0.6) is 0 Å². The number of aromatic nitrogens is 2. The van der Waals surface area contributed by atoms with Gasteiger partial charge < -0.3 is 9.73 Å². The first-order valence-corrected chi connectivity index (χ1v) is 9.31. The topological polar surface area (TPSA) is 68.0 Å². The summed E-state index contributed by atoms with van der Waals surface area (Å²) in [6.45, 7) is 4.21. The fourth-order valence-electron chi connectivity index (χ4n) is 1.91. The maximum absolute atomic E-state index is 12.1. The van der Waals surface area contributed by atoms with Crippen LogP contribution in [0.25, 0.3) is 0 Å². The minimum atomic E-state index is -0.0808. The van der Waals surface area contributed by atoms with Crippen LogP contribution in [-0.2, 0) is 10.5 Å². The molecule has 0 spiro atoms. The minimum absolute atomic E-state index is 0.0808. The second kappa shape index (κ2) is 8.24. The fourth-order valence-corrected chi connectivity index (χ4v) is 2.85. The van der Waals surface area contributed by atoms with E-state index in [1.807, 2.05) is 30.5 Å². The molecular formula is C15H19N3O2S2. The summed E-state index contributed by atoms with van der Waals surface area (Å²) in [6, 6.07) is 7.84. The molecule has 22 heavy (non-hydrogen) atoms. The highest BCUT2D eigenvalue weighted by atomic mass is 32.2. The van der Waals surface area contributed by atoms with Gasteiger partial charge in [-0.2, -0.15) is 11.8 Å².